The number of nitrogens with zero attached hydrogens (tertiary/aromatic N) is 2. The van der Waals surface area contributed by atoms with Crippen molar-refractivity contribution in [1.29, 1.82) is 0 Å². The molecule has 1 aliphatic rings. The van der Waals surface area contributed by atoms with Gasteiger partial charge >= 0.3 is 0 Å². The van der Waals surface area contributed by atoms with Gasteiger partial charge in [0.25, 0.3) is 0 Å². The molecule has 0 spiro atoms. The Hall–Kier alpha value is -0.220. The Balaban J connectivity index is 2.39. The van der Waals surface area contributed by atoms with Crippen LogP contribution in [0.5, 0.6) is 0 Å². The van der Waals surface area contributed by atoms with Crippen molar-refractivity contribution in [3.05, 3.63) is 0 Å². The SMILES string of the molecule is CCC(CC)C1CN=C(NCC(C)(C)N(C)C)S1. The summed E-state index contributed by atoms with van der Waals surface area (Å²) < 4.78 is 0. The third-order valence-corrected chi connectivity index (χ3v) is 5.47. The molecule has 0 aromatic heterocycles. The first-order valence-electron chi connectivity index (χ1n) is 7.03. The second-order valence-electron chi connectivity index (χ2n) is 5.94. The summed E-state index contributed by atoms with van der Waals surface area (Å²) in [4.78, 5) is 6.89. The fourth-order valence-corrected chi connectivity index (χ4v) is 3.32. The van der Waals surface area contributed by atoms with Crippen molar-refractivity contribution in [3.63, 3.8) is 0 Å². The van der Waals surface area contributed by atoms with Crippen LogP contribution in [-0.2, 0) is 0 Å². The average Bonchev–Trinajstić information content (AvgIpc) is 2.77. The summed E-state index contributed by atoms with van der Waals surface area (Å²) in [5, 5.41) is 5.33. The van der Waals surface area contributed by atoms with Gasteiger partial charge in [-0.3, -0.25) is 4.99 Å². The molecule has 0 aromatic carbocycles. The minimum absolute atomic E-state index is 0.163. The van der Waals surface area contributed by atoms with Gasteiger partial charge in [0, 0.05) is 17.3 Å². The molecule has 1 N–H and O–H groups in total. The van der Waals surface area contributed by atoms with E-state index in [1.807, 2.05) is 11.8 Å². The quantitative estimate of drug-likeness (QED) is 0.805. The lowest BCUT2D eigenvalue weighted by Gasteiger charge is -2.33. The van der Waals surface area contributed by atoms with Crippen molar-refractivity contribution in [2.24, 2.45) is 10.9 Å². The molecule has 4 heteroatoms. The van der Waals surface area contributed by atoms with E-state index in [2.05, 4.69) is 57.0 Å². The van der Waals surface area contributed by atoms with E-state index in [1.165, 1.54) is 12.8 Å². The van der Waals surface area contributed by atoms with Gasteiger partial charge in [-0.2, -0.15) is 0 Å². The minimum Gasteiger partial charge on any atom is -0.363 e. The molecule has 0 amide bonds. The Bertz CT molecular complexity index is 283. The van der Waals surface area contributed by atoms with Crippen LogP contribution in [0.1, 0.15) is 40.5 Å². The van der Waals surface area contributed by atoms with Crippen LogP contribution in [0.25, 0.3) is 0 Å². The third-order valence-electron chi connectivity index (χ3n) is 4.14. The topological polar surface area (TPSA) is 27.6 Å². The molecule has 0 aliphatic carbocycles. The summed E-state index contributed by atoms with van der Waals surface area (Å²) in [6.07, 6.45) is 2.53. The van der Waals surface area contributed by atoms with Gasteiger partial charge in [-0.05, 0) is 33.9 Å². The van der Waals surface area contributed by atoms with E-state index in [1.54, 1.807) is 0 Å². The molecule has 0 bridgehead atoms. The zero-order chi connectivity index (χ0) is 13.8. The van der Waals surface area contributed by atoms with Gasteiger partial charge in [-0.1, -0.05) is 38.5 Å². The van der Waals surface area contributed by atoms with Gasteiger partial charge in [0.05, 0.1) is 6.54 Å². The standard InChI is InChI=1S/C14H29N3S/c1-7-11(8-2)12-9-15-13(18-12)16-10-14(3,4)17(5)6/h11-12H,7-10H2,1-6H3,(H,15,16). The molecule has 1 atom stereocenters. The number of hydrogen-bond donors (Lipinski definition) is 1. The van der Waals surface area contributed by atoms with E-state index in [-0.39, 0.29) is 5.54 Å². The Kier molecular flexibility index (Phi) is 5.99. The second kappa shape index (κ2) is 6.80. The highest BCUT2D eigenvalue weighted by atomic mass is 32.2. The predicted octanol–water partition coefficient (Wildman–Crippen LogP) is 2.82. The number of nitrogens with one attached hydrogen (secondary N) is 1. The Labute approximate surface area is 117 Å². The molecule has 0 fully saturated rings. The first-order valence-corrected chi connectivity index (χ1v) is 7.91. The smallest absolute Gasteiger partial charge is 0.156 e. The Morgan fingerprint density at radius 3 is 2.50 bits per heavy atom. The van der Waals surface area contributed by atoms with Crippen LogP contribution in [0.2, 0.25) is 0 Å². The number of hydrogen-bond acceptors (Lipinski definition) is 4. The second-order valence-corrected chi connectivity index (χ2v) is 7.17. The molecule has 0 saturated carbocycles. The highest BCUT2D eigenvalue weighted by Gasteiger charge is 2.27. The molecule has 1 unspecified atom stereocenters. The summed E-state index contributed by atoms with van der Waals surface area (Å²) in [5.41, 5.74) is 0.163. The highest BCUT2D eigenvalue weighted by molar-refractivity contribution is 8.14. The molecule has 106 valence electrons. The summed E-state index contributed by atoms with van der Waals surface area (Å²) >= 11 is 1.94. The lowest BCUT2D eigenvalue weighted by atomic mass is 9.99. The van der Waals surface area contributed by atoms with E-state index in [4.69, 9.17) is 0 Å². The lowest BCUT2D eigenvalue weighted by Crippen LogP contribution is -2.47. The van der Waals surface area contributed by atoms with Gasteiger partial charge in [-0.15, -0.1) is 0 Å². The van der Waals surface area contributed by atoms with Crippen molar-refractivity contribution in [2.45, 2.75) is 51.3 Å². The fourth-order valence-electron chi connectivity index (χ4n) is 2.00. The van der Waals surface area contributed by atoms with E-state index in [0.717, 1.165) is 24.2 Å². The lowest BCUT2D eigenvalue weighted by molar-refractivity contribution is 0.198. The van der Waals surface area contributed by atoms with Crippen LogP contribution in [0, 0.1) is 5.92 Å². The number of amidine groups is 1. The zero-order valence-electron chi connectivity index (χ0n) is 12.8. The highest BCUT2D eigenvalue weighted by Crippen LogP contribution is 2.30. The van der Waals surface area contributed by atoms with Crippen molar-refractivity contribution in [1.82, 2.24) is 10.2 Å². The number of likely N-dealkylation sites (N-methyl/N-ethyl adjacent to an activating group) is 1. The van der Waals surface area contributed by atoms with Gasteiger partial charge in [0.1, 0.15) is 0 Å². The van der Waals surface area contributed by atoms with E-state index in [0.29, 0.717) is 5.25 Å². The minimum atomic E-state index is 0.163. The Morgan fingerprint density at radius 1 is 1.39 bits per heavy atom. The van der Waals surface area contributed by atoms with E-state index >= 15 is 0 Å². The first kappa shape index (κ1) is 15.8. The molecule has 0 saturated heterocycles. The van der Waals surface area contributed by atoms with Gasteiger partial charge in [0.15, 0.2) is 5.17 Å². The molecule has 0 radical (unpaired) electrons. The molecule has 1 heterocycles. The molecule has 1 aliphatic heterocycles. The maximum atomic E-state index is 4.65. The maximum Gasteiger partial charge on any atom is 0.156 e. The molecule has 0 aromatic rings. The van der Waals surface area contributed by atoms with E-state index < -0.39 is 0 Å². The zero-order valence-corrected chi connectivity index (χ0v) is 13.6. The summed E-state index contributed by atoms with van der Waals surface area (Å²) in [5.74, 6) is 0.805. The maximum absolute atomic E-state index is 4.65. The van der Waals surface area contributed by atoms with Gasteiger partial charge < -0.3 is 10.2 Å². The van der Waals surface area contributed by atoms with Crippen molar-refractivity contribution in [2.75, 3.05) is 27.2 Å². The van der Waals surface area contributed by atoms with Crippen molar-refractivity contribution < 1.29 is 0 Å². The number of rotatable bonds is 6. The normalized spacial score (nSPS) is 20.7. The van der Waals surface area contributed by atoms with Gasteiger partial charge in [-0.25, -0.2) is 0 Å². The van der Waals surface area contributed by atoms with Crippen LogP contribution in [0.3, 0.4) is 0 Å². The molecule has 3 nitrogen and oxygen atoms in total. The fraction of sp³-hybridized carbons (Fsp3) is 0.929. The third kappa shape index (κ3) is 4.16. The largest absolute Gasteiger partial charge is 0.363 e. The summed E-state index contributed by atoms with van der Waals surface area (Å²) in [7, 11) is 4.25. The van der Waals surface area contributed by atoms with Crippen molar-refractivity contribution in [3.8, 4) is 0 Å². The number of aliphatic imine (C=N–C) groups is 1. The molecule has 18 heavy (non-hydrogen) atoms. The van der Waals surface area contributed by atoms with Crippen LogP contribution >= 0.6 is 11.8 Å². The number of thioether (sulfide) groups is 1. The Morgan fingerprint density at radius 2 is 2.00 bits per heavy atom. The van der Waals surface area contributed by atoms with Crippen LogP contribution in [-0.4, -0.2) is 48.0 Å². The van der Waals surface area contributed by atoms with E-state index in [9.17, 15) is 0 Å². The molecular weight excluding hydrogens is 242 g/mol. The summed E-state index contributed by atoms with van der Waals surface area (Å²) in [6.45, 7) is 11.0. The molecular formula is C14H29N3S. The van der Waals surface area contributed by atoms with Gasteiger partial charge in [0.2, 0.25) is 0 Å². The monoisotopic (exact) mass is 271 g/mol. The average molecular weight is 271 g/mol. The predicted molar refractivity (Wildman–Crippen MR) is 83.5 cm³/mol. The summed E-state index contributed by atoms with van der Waals surface area (Å²) in [6, 6.07) is 0. The van der Waals surface area contributed by atoms with Crippen molar-refractivity contribution >= 4 is 16.9 Å². The van der Waals surface area contributed by atoms with Crippen LogP contribution in [0.4, 0.5) is 0 Å². The van der Waals surface area contributed by atoms with Crippen LogP contribution < -0.4 is 5.32 Å². The molecule has 1 rings (SSSR count). The van der Waals surface area contributed by atoms with Crippen LogP contribution in [0.15, 0.2) is 4.99 Å². The first-order chi connectivity index (χ1) is 8.40.